The SMILES string of the molecule is O=C(NCc1ccc(CN2CCOCC2)cc1)C1(c2cccc(F)c2)CCC1. The highest BCUT2D eigenvalue weighted by Crippen LogP contribution is 2.44. The molecule has 1 heterocycles. The normalized spacial score (nSPS) is 19.0. The summed E-state index contributed by atoms with van der Waals surface area (Å²) >= 11 is 0. The minimum absolute atomic E-state index is 0.00161. The molecule has 1 amide bonds. The van der Waals surface area contributed by atoms with Crippen molar-refractivity contribution in [2.75, 3.05) is 26.3 Å². The zero-order chi connectivity index (χ0) is 19.4. The lowest BCUT2D eigenvalue weighted by atomic mass is 9.64. The lowest BCUT2D eigenvalue weighted by Crippen LogP contribution is -2.49. The van der Waals surface area contributed by atoms with Gasteiger partial charge in [0.25, 0.3) is 0 Å². The number of halogens is 1. The highest BCUT2D eigenvalue weighted by atomic mass is 19.1. The molecular weight excluding hydrogens is 355 g/mol. The van der Waals surface area contributed by atoms with Crippen molar-refractivity contribution in [1.29, 1.82) is 0 Å². The van der Waals surface area contributed by atoms with E-state index in [4.69, 9.17) is 4.74 Å². The van der Waals surface area contributed by atoms with E-state index in [1.165, 1.54) is 17.7 Å². The highest BCUT2D eigenvalue weighted by Gasteiger charge is 2.45. The number of benzene rings is 2. The van der Waals surface area contributed by atoms with Gasteiger partial charge in [-0.15, -0.1) is 0 Å². The number of nitrogens with one attached hydrogen (secondary N) is 1. The van der Waals surface area contributed by atoms with Gasteiger partial charge in [0.05, 0.1) is 18.6 Å². The Hall–Kier alpha value is -2.24. The number of carbonyl (C=O) groups is 1. The lowest BCUT2D eigenvalue weighted by molar-refractivity contribution is -0.130. The fourth-order valence-corrected chi connectivity index (χ4v) is 4.09. The van der Waals surface area contributed by atoms with Gasteiger partial charge in [-0.05, 0) is 41.7 Å². The molecule has 1 saturated carbocycles. The van der Waals surface area contributed by atoms with Crippen molar-refractivity contribution >= 4 is 5.91 Å². The van der Waals surface area contributed by atoms with Gasteiger partial charge in [0, 0.05) is 26.2 Å². The van der Waals surface area contributed by atoms with Crippen molar-refractivity contribution in [3.8, 4) is 0 Å². The summed E-state index contributed by atoms with van der Waals surface area (Å²) < 4.78 is 19.0. The van der Waals surface area contributed by atoms with Crippen LogP contribution in [-0.2, 0) is 28.0 Å². The molecule has 0 atom stereocenters. The number of amides is 1. The number of hydrogen-bond donors (Lipinski definition) is 1. The van der Waals surface area contributed by atoms with Crippen LogP contribution in [0.4, 0.5) is 4.39 Å². The molecule has 2 aromatic carbocycles. The van der Waals surface area contributed by atoms with Crippen LogP contribution in [-0.4, -0.2) is 37.1 Å². The molecular formula is C23H27FN2O2. The van der Waals surface area contributed by atoms with Crippen LogP contribution >= 0.6 is 0 Å². The molecule has 4 rings (SSSR count). The monoisotopic (exact) mass is 382 g/mol. The van der Waals surface area contributed by atoms with Gasteiger partial charge in [-0.2, -0.15) is 0 Å². The Bertz CT molecular complexity index is 812. The molecule has 1 N–H and O–H groups in total. The Morgan fingerprint density at radius 2 is 1.79 bits per heavy atom. The molecule has 148 valence electrons. The molecule has 1 saturated heterocycles. The average Bonchev–Trinajstić information content (AvgIpc) is 2.67. The van der Waals surface area contributed by atoms with E-state index in [0.29, 0.717) is 6.54 Å². The van der Waals surface area contributed by atoms with Gasteiger partial charge >= 0.3 is 0 Å². The van der Waals surface area contributed by atoms with Crippen LogP contribution in [0.15, 0.2) is 48.5 Å². The van der Waals surface area contributed by atoms with E-state index in [9.17, 15) is 9.18 Å². The fraction of sp³-hybridized carbons (Fsp3) is 0.435. The zero-order valence-electron chi connectivity index (χ0n) is 16.1. The maximum atomic E-state index is 13.6. The van der Waals surface area contributed by atoms with Crippen molar-refractivity contribution in [2.24, 2.45) is 0 Å². The maximum absolute atomic E-state index is 13.6. The van der Waals surface area contributed by atoms with Gasteiger partial charge in [0.2, 0.25) is 5.91 Å². The number of morpholine rings is 1. The van der Waals surface area contributed by atoms with E-state index in [0.717, 1.165) is 63.2 Å². The third-order valence-electron chi connectivity index (χ3n) is 6.00. The minimum atomic E-state index is -0.571. The van der Waals surface area contributed by atoms with Crippen molar-refractivity contribution in [2.45, 2.75) is 37.8 Å². The molecule has 4 nitrogen and oxygen atoms in total. The Labute approximate surface area is 165 Å². The zero-order valence-corrected chi connectivity index (χ0v) is 16.1. The molecule has 28 heavy (non-hydrogen) atoms. The second-order valence-electron chi connectivity index (χ2n) is 7.83. The molecule has 2 fully saturated rings. The second kappa shape index (κ2) is 8.41. The summed E-state index contributed by atoms with van der Waals surface area (Å²) in [7, 11) is 0. The van der Waals surface area contributed by atoms with Gasteiger partial charge in [-0.1, -0.05) is 42.8 Å². The van der Waals surface area contributed by atoms with Gasteiger partial charge in [0.1, 0.15) is 5.82 Å². The van der Waals surface area contributed by atoms with E-state index < -0.39 is 5.41 Å². The number of hydrogen-bond acceptors (Lipinski definition) is 3. The molecule has 0 bridgehead atoms. The van der Waals surface area contributed by atoms with E-state index >= 15 is 0 Å². The van der Waals surface area contributed by atoms with Crippen molar-refractivity contribution < 1.29 is 13.9 Å². The molecule has 2 aliphatic rings. The minimum Gasteiger partial charge on any atom is -0.379 e. The van der Waals surface area contributed by atoms with Gasteiger partial charge < -0.3 is 10.1 Å². The first kappa shape index (κ1) is 19.1. The van der Waals surface area contributed by atoms with Crippen LogP contribution in [0.2, 0.25) is 0 Å². The highest BCUT2D eigenvalue weighted by molar-refractivity contribution is 5.89. The third kappa shape index (κ3) is 4.10. The smallest absolute Gasteiger partial charge is 0.230 e. The van der Waals surface area contributed by atoms with E-state index in [1.807, 2.05) is 6.07 Å². The summed E-state index contributed by atoms with van der Waals surface area (Å²) in [6, 6.07) is 14.9. The summed E-state index contributed by atoms with van der Waals surface area (Å²) in [6.45, 7) is 4.97. The first-order valence-electron chi connectivity index (χ1n) is 10.1. The predicted molar refractivity (Wildman–Crippen MR) is 106 cm³/mol. The van der Waals surface area contributed by atoms with Crippen LogP contribution in [0.5, 0.6) is 0 Å². The topological polar surface area (TPSA) is 41.6 Å². The molecule has 5 heteroatoms. The summed E-state index contributed by atoms with van der Waals surface area (Å²) in [5.41, 5.74) is 2.57. The van der Waals surface area contributed by atoms with Crippen molar-refractivity contribution in [3.05, 3.63) is 71.0 Å². The van der Waals surface area contributed by atoms with Crippen LogP contribution < -0.4 is 5.32 Å². The van der Waals surface area contributed by atoms with Crippen LogP contribution in [0.3, 0.4) is 0 Å². The fourth-order valence-electron chi connectivity index (χ4n) is 4.09. The maximum Gasteiger partial charge on any atom is 0.230 e. The first-order valence-corrected chi connectivity index (χ1v) is 10.1. The number of carbonyl (C=O) groups excluding carboxylic acids is 1. The van der Waals surface area contributed by atoms with Crippen molar-refractivity contribution in [3.63, 3.8) is 0 Å². The van der Waals surface area contributed by atoms with Crippen LogP contribution in [0.1, 0.15) is 36.0 Å². The van der Waals surface area contributed by atoms with Crippen molar-refractivity contribution in [1.82, 2.24) is 10.2 Å². The molecule has 0 unspecified atom stereocenters. The number of rotatable bonds is 6. The number of nitrogens with zero attached hydrogens (tertiary/aromatic N) is 1. The predicted octanol–water partition coefficient (Wildman–Crippen LogP) is 3.40. The largest absolute Gasteiger partial charge is 0.379 e. The molecule has 0 radical (unpaired) electrons. The third-order valence-corrected chi connectivity index (χ3v) is 6.00. The van der Waals surface area contributed by atoms with Gasteiger partial charge in [-0.3, -0.25) is 9.69 Å². The standard InChI is InChI=1S/C23H27FN2O2/c24-21-4-1-3-20(15-21)23(9-2-10-23)22(27)25-16-18-5-7-19(8-6-18)17-26-11-13-28-14-12-26/h1,3-8,15H,2,9-14,16-17H2,(H,25,27). The molecule has 1 aliphatic carbocycles. The summed E-state index contributed by atoms with van der Waals surface area (Å²) in [4.78, 5) is 15.3. The summed E-state index contributed by atoms with van der Waals surface area (Å²) in [5.74, 6) is -0.283. The lowest BCUT2D eigenvalue weighted by Gasteiger charge is -2.40. The van der Waals surface area contributed by atoms with Gasteiger partial charge in [-0.25, -0.2) is 4.39 Å². The second-order valence-corrected chi connectivity index (χ2v) is 7.83. The molecule has 2 aromatic rings. The number of ether oxygens (including phenoxy) is 1. The Balaban J connectivity index is 1.35. The Kier molecular flexibility index (Phi) is 5.74. The molecule has 0 spiro atoms. The van der Waals surface area contributed by atoms with E-state index in [-0.39, 0.29) is 11.7 Å². The Morgan fingerprint density at radius 3 is 2.43 bits per heavy atom. The summed E-state index contributed by atoms with van der Waals surface area (Å²) in [5, 5.41) is 3.07. The van der Waals surface area contributed by atoms with E-state index in [1.54, 1.807) is 6.07 Å². The van der Waals surface area contributed by atoms with E-state index in [2.05, 4.69) is 34.5 Å². The molecule has 1 aliphatic heterocycles. The quantitative estimate of drug-likeness (QED) is 0.833. The van der Waals surface area contributed by atoms with Gasteiger partial charge in [0.15, 0.2) is 0 Å². The first-order chi connectivity index (χ1) is 13.7. The average molecular weight is 382 g/mol. The van der Waals surface area contributed by atoms with Crippen LogP contribution in [0, 0.1) is 5.82 Å². The summed E-state index contributed by atoms with van der Waals surface area (Å²) in [6.07, 6.45) is 2.56. The van der Waals surface area contributed by atoms with Crippen LogP contribution in [0.25, 0.3) is 0 Å². The Morgan fingerprint density at radius 1 is 1.07 bits per heavy atom. The molecule has 0 aromatic heterocycles.